The molecule has 6 nitrogen and oxygen atoms in total. The Kier molecular flexibility index (Phi) is 5.46. The molecule has 112 valence electrons. The summed E-state index contributed by atoms with van der Waals surface area (Å²) in [5, 5.41) is 2.64. The minimum atomic E-state index is -3.61. The van der Waals surface area contributed by atoms with Gasteiger partial charge in [0.05, 0.1) is 11.9 Å². The first-order chi connectivity index (χ1) is 9.23. The maximum Gasteiger partial charge on any atom is 0.251 e. The van der Waals surface area contributed by atoms with Crippen LogP contribution in [0.25, 0.3) is 0 Å². The number of benzene rings is 1. The molecule has 1 unspecified atom stereocenters. The van der Waals surface area contributed by atoms with Gasteiger partial charge in [-0.3, -0.25) is 9.52 Å². The molecule has 4 N–H and O–H groups in total. The Balaban J connectivity index is 2.86. The summed E-state index contributed by atoms with van der Waals surface area (Å²) in [5.41, 5.74) is 5.34. The fourth-order valence-electron chi connectivity index (χ4n) is 1.40. The van der Waals surface area contributed by atoms with Gasteiger partial charge >= 0.3 is 0 Å². The van der Waals surface area contributed by atoms with Crippen molar-refractivity contribution in [3.63, 3.8) is 0 Å². The van der Waals surface area contributed by atoms with Crippen molar-refractivity contribution in [2.75, 3.05) is 24.1 Å². The highest BCUT2D eigenvalue weighted by Crippen LogP contribution is 2.17. The Hall–Kier alpha value is -1.67. The average Bonchev–Trinajstić information content (AvgIpc) is 2.36. The molecule has 0 aliphatic heterocycles. The molecule has 1 amide bonds. The third kappa shape index (κ3) is 5.14. The molecule has 0 aliphatic carbocycles. The lowest BCUT2D eigenvalue weighted by Gasteiger charge is -2.11. The Morgan fingerprint density at radius 2 is 2.10 bits per heavy atom. The predicted molar refractivity (Wildman–Crippen MR) is 75.4 cm³/mol. The topological polar surface area (TPSA) is 101 Å². The monoisotopic (exact) mass is 303 g/mol. The van der Waals surface area contributed by atoms with Gasteiger partial charge in [0.15, 0.2) is 0 Å². The van der Waals surface area contributed by atoms with Gasteiger partial charge in [-0.05, 0) is 30.7 Å². The average molecular weight is 303 g/mol. The van der Waals surface area contributed by atoms with E-state index in [1.807, 2.05) is 11.6 Å². The van der Waals surface area contributed by atoms with Crippen molar-refractivity contribution in [1.82, 2.24) is 5.32 Å². The number of amides is 1. The SMILES string of the molecule is CC(CN)CNC(=O)c1ccc(F)c(NS(C)(=O)=O)c1. The number of rotatable bonds is 6. The quantitative estimate of drug-likeness (QED) is 0.713. The van der Waals surface area contributed by atoms with Crippen molar-refractivity contribution < 1.29 is 17.6 Å². The van der Waals surface area contributed by atoms with Crippen molar-refractivity contribution in [2.24, 2.45) is 11.7 Å². The lowest BCUT2D eigenvalue weighted by Crippen LogP contribution is -2.31. The van der Waals surface area contributed by atoms with Crippen LogP contribution in [0.15, 0.2) is 18.2 Å². The highest BCUT2D eigenvalue weighted by atomic mass is 32.2. The Bertz CT molecular complexity index is 590. The molecule has 0 saturated heterocycles. The molecule has 1 aromatic rings. The fourth-order valence-corrected chi connectivity index (χ4v) is 1.95. The second-order valence-electron chi connectivity index (χ2n) is 4.62. The summed E-state index contributed by atoms with van der Waals surface area (Å²) >= 11 is 0. The van der Waals surface area contributed by atoms with Crippen molar-refractivity contribution in [1.29, 1.82) is 0 Å². The standard InChI is InChI=1S/C12H18FN3O3S/c1-8(6-14)7-15-12(17)9-3-4-10(13)11(5-9)16-20(2,18)19/h3-5,8,16H,6-7,14H2,1-2H3,(H,15,17). The first-order valence-electron chi connectivity index (χ1n) is 5.98. The predicted octanol–water partition coefficient (Wildman–Crippen LogP) is 0.522. The molecule has 0 spiro atoms. The molecule has 0 aliphatic rings. The van der Waals surface area contributed by atoms with Crippen LogP contribution in [-0.4, -0.2) is 33.7 Å². The van der Waals surface area contributed by atoms with Crippen molar-refractivity contribution in [2.45, 2.75) is 6.92 Å². The highest BCUT2D eigenvalue weighted by Gasteiger charge is 2.13. The third-order valence-corrected chi connectivity index (χ3v) is 3.13. The van der Waals surface area contributed by atoms with Gasteiger partial charge in [0.1, 0.15) is 5.82 Å². The van der Waals surface area contributed by atoms with E-state index in [0.717, 1.165) is 18.4 Å². The summed E-state index contributed by atoms with van der Waals surface area (Å²) in [6, 6.07) is 3.47. The summed E-state index contributed by atoms with van der Waals surface area (Å²) in [5.74, 6) is -1.04. The summed E-state index contributed by atoms with van der Waals surface area (Å²) in [7, 11) is -3.61. The van der Waals surface area contributed by atoms with E-state index in [1.165, 1.54) is 6.07 Å². The molecule has 0 fully saturated rings. The maximum absolute atomic E-state index is 13.5. The fraction of sp³-hybridized carbons (Fsp3) is 0.417. The van der Waals surface area contributed by atoms with E-state index in [0.29, 0.717) is 13.1 Å². The Labute approximate surface area is 117 Å². The van der Waals surface area contributed by atoms with Crippen LogP contribution in [0, 0.1) is 11.7 Å². The second-order valence-corrected chi connectivity index (χ2v) is 6.37. The summed E-state index contributed by atoms with van der Waals surface area (Å²) < 4.78 is 37.7. The highest BCUT2D eigenvalue weighted by molar-refractivity contribution is 7.92. The van der Waals surface area contributed by atoms with Crippen LogP contribution in [0.1, 0.15) is 17.3 Å². The van der Waals surface area contributed by atoms with Gasteiger partial charge in [0.2, 0.25) is 10.0 Å². The zero-order chi connectivity index (χ0) is 15.3. The number of nitrogens with two attached hydrogens (primary N) is 1. The number of hydrogen-bond donors (Lipinski definition) is 3. The number of anilines is 1. The molecule has 8 heteroatoms. The molecule has 0 saturated carbocycles. The molecule has 0 heterocycles. The largest absolute Gasteiger partial charge is 0.352 e. The Morgan fingerprint density at radius 1 is 1.45 bits per heavy atom. The summed E-state index contributed by atoms with van der Waals surface area (Å²) in [6.07, 6.45) is 0.905. The lowest BCUT2D eigenvalue weighted by atomic mass is 10.1. The number of sulfonamides is 1. The lowest BCUT2D eigenvalue weighted by molar-refractivity contribution is 0.0948. The minimum absolute atomic E-state index is 0.119. The van der Waals surface area contributed by atoms with Gasteiger partial charge in [-0.2, -0.15) is 0 Å². The van der Waals surface area contributed by atoms with E-state index in [-0.39, 0.29) is 17.2 Å². The van der Waals surface area contributed by atoms with Crippen LogP contribution >= 0.6 is 0 Å². The molecule has 20 heavy (non-hydrogen) atoms. The van der Waals surface area contributed by atoms with Crippen LogP contribution in [0.4, 0.5) is 10.1 Å². The van der Waals surface area contributed by atoms with Crippen molar-refractivity contribution in [3.05, 3.63) is 29.6 Å². The van der Waals surface area contributed by atoms with Gasteiger partial charge in [-0.1, -0.05) is 6.92 Å². The molecule has 0 aromatic heterocycles. The molecule has 1 atom stereocenters. The number of hydrogen-bond acceptors (Lipinski definition) is 4. The first kappa shape index (κ1) is 16.4. The van der Waals surface area contributed by atoms with Crippen molar-refractivity contribution >= 4 is 21.6 Å². The molecule has 0 radical (unpaired) electrons. The van der Waals surface area contributed by atoms with Gasteiger partial charge < -0.3 is 11.1 Å². The first-order valence-corrected chi connectivity index (χ1v) is 7.87. The Morgan fingerprint density at radius 3 is 2.65 bits per heavy atom. The smallest absolute Gasteiger partial charge is 0.251 e. The van der Waals surface area contributed by atoms with Gasteiger partial charge in [-0.25, -0.2) is 12.8 Å². The summed E-state index contributed by atoms with van der Waals surface area (Å²) in [6.45, 7) is 2.70. The van der Waals surface area contributed by atoms with Crippen LogP contribution in [0.5, 0.6) is 0 Å². The minimum Gasteiger partial charge on any atom is -0.352 e. The van der Waals surface area contributed by atoms with Crippen LogP contribution < -0.4 is 15.8 Å². The zero-order valence-electron chi connectivity index (χ0n) is 11.3. The normalized spacial score (nSPS) is 12.8. The van der Waals surface area contributed by atoms with Gasteiger partial charge in [0, 0.05) is 12.1 Å². The van der Waals surface area contributed by atoms with E-state index < -0.39 is 21.7 Å². The van der Waals surface area contributed by atoms with Gasteiger partial charge in [-0.15, -0.1) is 0 Å². The van der Waals surface area contributed by atoms with E-state index >= 15 is 0 Å². The van der Waals surface area contributed by atoms with Crippen molar-refractivity contribution in [3.8, 4) is 0 Å². The zero-order valence-corrected chi connectivity index (χ0v) is 12.1. The number of carbonyl (C=O) groups is 1. The molecule has 0 bridgehead atoms. The molecule has 1 rings (SSSR count). The van der Waals surface area contributed by atoms with E-state index in [9.17, 15) is 17.6 Å². The van der Waals surface area contributed by atoms with E-state index in [4.69, 9.17) is 5.73 Å². The van der Waals surface area contributed by atoms with Crippen LogP contribution in [-0.2, 0) is 10.0 Å². The van der Waals surface area contributed by atoms with E-state index in [2.05, 4.69) is 5.32 Å². The number of nitrogens with one attached hydrogen (secondary N) is 2. The van der Waals surface area contributed by atoms with Crippen LogP contribution in [0.3, 0.4) is 0 Å². The molecule has 1 aromatic carbocycles. The third-order valence-electron chi connectivity index (χ3n) is 2.54. The summed E-state index contributed by atoms with van der Waals surface area (Å²) in [4.78, 5) is 11.8. The molecular weight excluding hydrogens is 285 g/mol. The van der Waals surface area contributed by atoms with Gasteiger partial charge in [0.25, 0.3) is 5.91 Å². The van der Waals surface area contributed by atoms with E-state index in [1.54, 1.807) is 0 Å². The maximum atomic E-state index is 13.5. The number of carbonyl (C=O) groups excluding carboxylic acids is 1. The number of halogens is 1. The van der Waals surface area contributed by atoms with Crippen LogP contribution in [0.2, 0.25) is 0 Å². The molecular formula is C12H18FN3O3S. The second kappa shape index (κ2) is 6.67.